The molecule has 1 saturated carbocycles. The molecule has 2 rings (SSSR count). The lowest BCUT2D eigenvalue weighted by Gasteiger charge is -2.32. The molecule has 13 heteroatoms. The average Bonchev–Trinajstić information content (AvgIpc) is 2.57. The first-order valence-corrected chi connectivity index (χ1v) is 8.43. The van der Waals surface area contributed by atoms with E-state index in [0.717, 1.165) is 19.3 Å². The fraction of sp³-hybridized carbons (Fsp3) is 0.867. The maximum atomic E-state index is 10.6. The van der Waals surface area contributed by atoms with Crippen LogP contribution < -0.4 is 11.1 Å². The van der Waals surface area contributed by atoms with Gasteiger partial charge < -0.3 is 26.0 Å². The molecule has 0 aromatic carbocycles. The van der Waals surface area contributed by atoms with Crippen molar-refractivity contribution in [2.45, 2.75) is 69.0 Å². The van der Waals surface area contributed by atoms with E-state index in [0.29, 0.717) is 12.1 Å². The first kappa shape index (κ1) is 26.4. The van der Waals surface area contributed by atoms with Gasteiger partial charge in [-0.3, -0.25) is 0 Å². The Morgan fingerprint density at radius 3 is 1.43 bits per heavy atom. The molecule has 0 aromatic rings. The van der Waals surface area contributed by atoms with Crippen LogP contribution in [0.15, 0.2) is 0 Å². The predicted molar refractivity (Wildman–Crippen MR) is 84.6 cm³/mol. The van der Waals surface area contributed by atoms with E-state index in [1.165, 1.54) is 38.5 Å². The summed E-state index contributed by atoms with van der Waals surface area (Å²) in [5, 5.41) is 18.0. The zero-order chi connectivity index (χ0) is 22.0. The highest BCUT2D eigenvalue weighted by Crippen LogP contribution is 2.19. The normalized spacial score (nSPS) is 23.5. The first-order chi connectivity index (χ1) is 12.7. The zero-order valence-electron chi connectivity index (χ0n) is 14.9. The molecule has 0 atom stereocenters. The van der Waals surface area contributed by atoms with Gasteiger partial charge in [0.25, 0.3) is 0 Å². The molecular formula is C15H24F6N2O5. The maximum absolute atomic E-state index is 10.6. The van der Waals surface area contributed by atoms with Crippen molar-refractivity contribution in [3.05, 3.63) is 0 Å². The molecule has 5 N–H and O–H groups in total. The summed E-state index contributed by atoms with van der Waals surface area (Å²) in [5.41, 5.74) is 5.88. The molecule has 0 unspecified atom stereocenters. The van der Waals surface area contributed by atoms with Crippen molar-refractivity contribution in [3.8, 4) is 0 Å². The Morgan fingerprint density at radius 1 is 0.786 bits per heavy atom. The van der Waals surface area contributed by atoms with Gasteiger partial charge in [0.2, 0.25) is 0 Å². The van der Waals surface area contributed by atoms with Gasteiger partial charge in [0, 0.05) is 31.3 Å². The van der Waals surface area contributed by atoms with Crippen molar-refractivity contribution in [1.29, 1.82) is 0 Å². The van der Waals surface area contributed by atoms with Gasteiger partial charge in [-0.05, 0) is 38.5 Å². The molecule has 1 aliphatic heterocycles. The standard InChI is InChI=1S/C11H22N2O.2C2HF3O2/c12-9-1-3-10(4-2-9)13-11-5-7-14-8-6-11;2*3-2(4,5)1(6)7/h9-11,13H,1-8,12H2;2*(H,6,7). The largest absolute Gasteiger partial charge is 0.490 e. The van der Waals surface area contributed by atoms with Gasteiger partial charge in [0.1, 0.15) is 0 Å². The number of halogens is 6. The summed E-state index contributed by atoms with van der Waals surface area (Å²) in [6, 6.07) is 1.88. The van der Waals surface area contributed by atoms with Gasteiger partial charge in [0.15, 0.2) is 0 Å². The molecule has 0 radical (unpaired) electrons. The van der Waals surface area contributed by atoms with Crippen molar-refractivity contribution >= 4 is 11.9 Å². The molecule has 7 nitrogen and oxygen atoms in total. The molecule has 1 saturated heterocycles. The Labute approximate surface area is 157 Å². The number of hydrogen-bond donors (Lipinski definition) is 4. The van der Waals surface area contributed by atoms with E-state index < -0.39 is 24.3 Å². The Hall–Kier alpha value is -1.60. The molecule has 1 heterocycles. The molecule has 166 valence electrons. The van der Waals surface area contributed by atoms with Crippen molar-refractivity contribution in [1.82, 2.24) is 5.32 Å². The van der Waals surface area contributed by atoms with Gasteiger partial charge >= 0.3 is 24.3 Å². The minimum atomic E-state index is -5.08. The van der Waals surface area contributed by atoms with Crippen molar-refractivity contribution in [2.24, 2.45) is 5.73 Å². The molecule has 28 heavy (non-hydrogen) atoms. The van der Waals surface area contributed by atoms with Gasteiger partial charge in [-0.25, -0.2) is 9.59 Å². The van der Waals surface area contributed by atoms with E-state index in [1.807, 2.05) is 0 Å². The number of nitrogens with one attached hydrogen (secondary N) is 1. The second kappa shape index (κ2) is 12.1. The van der Waals surface area contributed by atoms with Gasteiger partial charge in [-0.15, -0.1) is 0 Å². The average molecular weight is 426 g/mol. The minimum absolute atomic E-state index is 0.461. The highest BCUT2D eigenvalue weighted by atomic mass is 19.4. The number of carboxylic acid groups (broad SMARTS) is 2. The number of nitrogens with two attached hydrogens (primary N) is 1. The monoisotopic (exact) mass is 426 g/mol. The van der Waals surface area contributed by atoms with Crippen LogP contribution in [0.5, 0.6) is 0 Å². The van der Waals surface area contributed by atoms with Crippen LogP contribution in [0.1, 0.15) is 38.5 Å². The van der Waals surface area contributed by atoms with E-state index in [9.17, 15) is 26.3 Å². The second-order valence-electron chi connectivity index (χ2n) is 6.27. The summed E-state index contributed by atoms with van der Waals surface area (Å²) >= 11 is 0. The topological polar surface area (TPSA) is 122 Å². The SMILES string of the molecule is NC1CCC(NC2CCOCC2)CC1.O=C(O)C(F)(F)F.O=C(O)C(F)(F)F. The van der Waals surface area contributed by atoms with E-state index in [-0.39, 0.29) is 0 Å². The van der Waals surface area contributed by atoms with Crippen LogP contribution in [-0.2, 0) is 14.3 Å². The molecule has 1 aliphatic carbocycles. The third kappa shape index (κ3) is 12.7. The molecular weight excluding hydrogens is 402 g/mol. The number of ether oxygens (including phenoxy) is 1. The van der Waals surface area contributed by atoms with E-state index in [1.54, 1.807) is 0 Å². The summed E-state index contributed by atoms with van der Waals surface area (Å²) in [4.78, 5) is 17.8. The zero-order valence-corrected chi connectivity index (χ0v) is 14.9. The highest BCUT2D eigenvalue weighted by molar-refractivity contribution is 5.73. The van der Waals surface area contributed by atoms with E-state index in [2.05, 4.69) is 5.32 Å². The fourth-order valence-electron chi connectivity index (χ4n) is 2.48. The third-order valence-electron chi connectivity index (χ3n) is 3.95. The van der Waals surface area contributed by atoms with Crippen LogP contribution in [-0.4, -0.2) is 65.8 Å². The minimum Gasteiger partial charge on any atom is -0.475 e. The van der Waals surface area contributed by atoms with Crippen LogP contribution in [0, 0.1) is 0 Å². The van der Waals surface area contributed by atoms with E-state index >= 15 is 0 Å². The Bertz CT molecular complexity index is 449. The number of rotatable bonds is 2. The molecule has 2 aliphatic rings. The Balaban J connectivity index is 0.000000444. The number of aliphatic carboxylic acids is 2. The van der Waals surface area contributed by atoms with Gasteiger partial charge in [-0.2, -0.15) is 26.3 Å². The van der Waals surface area contributed by atoms with Gasteiger partial charge in [0.05, 0.1) is 0 Å². The number of carbonyl (C=O) groups is 2. The Kier molecular flexibility index (Phi) is 11.4. The van der Waals surface area contributed by atoms with Crippen LogP contribution in [0.25, 0.3) is 0 Å². The number of hydrogen-bond acceptors (Lipinski definition) is 5. The lowest BCUT2D eigenvalue weighted by molar-refractivity contribution is -0.193. The smallest absolute Gasteiger partial charge is 0.475 e. The summed E-state index contributed by atoms with van der Waals surface area (Å²) in [6.07, 6.45) is -2.88. The van der Waals surface area contributed by atoms with Crippen molar-refractivity contribution in [3.63, 3.8) is 0 Å². The molecule has 0 spiro atoms. The summed E-state index contributed by atoms with van der Waals surface area (Å²) in [6.45, 7) is 1.87. The fourth-order valence-corrected chi connectivity index (χ4v) is 2.48. The Morgan fingerprint density at radius 2 is 1.11 bits per heavy atom. The lowest BCUT2D eigenvalue weighted by Crippen LogP contribution is -2.44. The van der Waals surface area contributed by atoms with Crippen LogP contribution in [0.2, 0.25) is 0 Å². The van der Waals surface area contributed by atoms with Crippen molar-refractivity contribution in [2.75, 3.05) is 13.2 Å². The quantitative estimate of drug-likeness (QED) is 0.500. The van der Waals surface area contributed by atoms with Crippen molar-refractivity contribution < 1.29 is 50.9 Å². The first-order valence-electron chi connectivity index (χ1n) is 8.43. The summed E-state index contributed by atoms with van der Waals surface area (Å²) < 4.78 is 68.8. The molecule has 0 aromatic heterocycles. The highest BCUT2D eigenvalue weighted by Gasteiger charge is 2.38. The second-order valence-corrected chi connectivity index (χ2v) is 6.27. The van der Waals surface area contributed by atoms with Gasteiger partial charge in [-0.1, -0.05) is 0 Å². The molecule has 0 bridgehead atoms. The predicted octanol–water partition coefficient (Wildman–Crippen LogP) is 2.29. The van der Waals surface area contributed by atoms with Crippen LogP contribution in [0.3, 0.4) is 0 Å². The molecule has 0 amide bonds. The number of alkyl halides is 6. The number of carboxylic acids is 2. The summed E-state index contributed by atoms with van der Waals surface area (Å²) in [5.74, 6) is -5.51. The van der Waals surface area contributed by atoms with Crippen LogP contribution in [0.4, 0.5) is 26.3 Å². The van der Waals surface area contributed by atoms with Crippen LogP contribution >= 0.6 is 0 Å². The molecule has 2 fully saturated rings. The lowest BCUT2D eigenvalue weighted by atomic mass is 9.91. The van der Waals surface area contributed by atoms with E-state index in [4.69, 9.17) is 30.3 Å². The maximum Gasteiger partial charge on any atom is 0.490 e. The summed E-state index contributed by atoms with van der Waals surface area (Å²) in [7, 11) is 0. The third-order valence-corrected chi connectivity index (χ3v) is 3.95.